The molecule has 2 aromatic rings. The van der Waals surface area contributed by atoms with Crippen molar-refractivity contribution in [3.63, 3.8) is 0 Å². The van der Waals surface area contributed by atoms with Crippen molar-refractivity contribution in [2.75, 3.05) is 23.3 Å². The summed E-state index contributed by atoms with van der Waals surface area (Å²) >= 11 is 5.96. The third-order valence-corrected chi connectivity index (χ3v) is 3.50. The fourth-order valence-corrected chi connectivity index (χ4v) is 2.43. The summed E-state index contributed by atoms with van der Waals surface area (Å²) in [7, 11) is 0. The normalized spacial score (nSPS) is 13.3. The maximum atomic E-state index is 12.9. The SMILES string of the molecule is O=C(CN1CC(=O)Oc2ccc(Cl)cc21)Nc1ccc(F)cc1. The quantitative estimate of drug-likeness (QED) is 0.692. The first-order valence-electron chi connectivity index (χ1n) is 6.82. The Balaban J connectivity index is 1.74. The van der Waals surface area contributed by atoms with Gasteiger partial charge in [-0.05, 0) is 42.5 Å². The van der Waals surface area contributed by atoms with Crippen LogP contribution in [0.25, 0.3) is 0 Å². The van der Waals surface area contributed by atoms with Crippen molar-refractivity contribution in [2.45, 2.75) is 0 Å². The van der Waals surface area contributed by atoms with Gasteiger partial charge >= 0.3 is 5.97 Å². The summed E-state index contributed by atoms with van der Waals surface area (Å²) in [6, 6.07) is 10.3. The second-order valence-corrected chi connectivity index (χ2v) is 5.43. The van der Waals surface area contributed by atoms with Crippen LogP contribution < -0.4 is 15.0 Å². The zero-order valence-corrected chi connectivity index (χ0v) is 12.6. The largest absolute Gasteiger partial charge is 0.423 e. The molecule has 0 aromatic heterocycles. The van der Waals surface area contributed by atoms with Crippen LogP contribution in [0, 0.1) is 5.82 Å². The Bertz CT molecular complexity index is 764. The maximum Gasteiger partial charge on any atom is 0.331 e. The van der Waals surface area contributed by atoms with E-state index in [2.05, 4.69) is 5.32 Å². The predicted molar refractivity (Wildman–Crippen MR) is 84.3 cm³/mol. The standard InChI is InChI=1S/C16H12ClFN2O3/c17-10-1-6-14-13(7-10)20(9-16(22)23-14)8-15(21)19-12-4-2-11(18)3-5-12/h1-7H,8-9H2,(H,19,21). The van der Waals surface area contributed by atoms with Gasteiger partial charge in [0.05, 0.1) is 12.2 Å². The molecule has 1 N–H and O–H groups in total. The highest BCUT2D eigenvalue weighted by atomic mass is 35.5. The van der Waals surface area contributed by atoms with Crippen LogP contribution in [0.2, 0.25) is 5.02 Å². The topological polar surface area (TPSA) is 58.6 Å². The van der Waals surface area contributed by atoms with E-state index in [1.807, 2.05) is 0 Å². The van der Waals surface area contributed by atoms with E-state index < -0.39 is 5.97 Å². The summed E-state index contributed by atoms with van der Waals surface area (Å²) in [4.78, 5) is 25.3. The Morgan fingerprint density at radius 3 is 2.74 bits per heavy atom. The number of anilines is 2. The summed E-state index contributed by atoms with van der Waals surface area (Å²) in [5.41, 5.74) is 1.05. The smallest absolute Gasteiger partial charge is 0.331 e. The van der Waals surface area contributed by atoms with Crippen molar-refractivity contribution < 1.29 is 18.7 Å². The van der Waals surface area contributed by atoms with Gasteiger partial charge in [0.15, 0.2) is 5.75 Å². The second kappa shape index (κ2) is 6.26. The van der Waals surface area contributed by atoms with E-state index in [4.69, 9.17) is 16.3 Å². The molecule has 3 rings (SSSR count). The fourth-order valence-electron chi connectivity index (χ4n) is 2.27. The third kappa shape index (κ3) is 3.60. The lowest BCUT2D eigenvalue weighted by Gasteiger charge is -2.29. The van der Waals surface area contributed by atoms with Gasteiger partial charge in [0, 0.05) is 10.7 Å². The lowest BCUT2D eigenvalue weighted by Crippen LogP contribution is -2.41. The summed E-state index contributed by atoms with van der Waals surface area (Å²) in [5, 5.41) is 3.12. The van der Waals surface area contributed by atoms with Gasteiger partial charge in [0.2, 0.25) is 5.91 Å². The molecule has 0 aliphatic carbocycles. The zero-order valence-electron chi connectivity index (χ0n) is 11.9. The monoisotopic (exact) mass is 334 g/mol. The molecule has 0 unspecified atom stereocenters. The molecule has 118 valence electrons. The van der Waals surface area contributed by atoms with E-state index in [0.717, 1.165) is 0 Å². The highest BCUT2D eigenvalue weighted by Crippen LogP contribution is 2.34. The molecular weight excluding hydrogens is 323 g/mol. The Kier molecular flexibility index (Phi) is 4.16. The minimum Gasteiger partial charge on any atom is -0.423 e. The molecule has 1 amide bonds. The first kappa shape index (κ1) is 15.3. The van der Waals surface area contributed by atoms with Crippen molar-refractivity contribution in [2.24, 2.45) is 0 Å². The number of amides is 1. The summed E-state index contributed by atoms with van der Waals surface area (Å²) in [6.45, 7) is -0.107. The number of halogens is 2. The number of ether oxygens (including phenoxy) is 1. The molecule has 2 aromatic carbocycles. The second-order valence-electron chi connectivity index (χ2n) is 5.00. The number of nitrogens with one attached hydrogen (secondary N) is 1. The van der Waals surface area contributed by atoms with E-state index in [0.29, 0.717) is 22.1 Å². The van der Waals surface area contributed by atoms with Crippen molar-refractivity contribution >= 4 is 34.9 Å². The molecule has 0 saturated heterocycles. The number of carbonyl (C=O) groups is 2. The summed E-state index contributed by atoms with van der Waals surface area (Å²) < 4.78 is 18.0. The van der Waals surface area contributed by atoms with Crippen LogP contribution in [0.5, 0.6) is 5.75 Å². The molecule has 0 atom stereocenters. The zero-order chi connectivity index (χ0) is 16.4. The van der Waals surface area contributed by atoms with Crippen molar-refractivity contribution in [3.05, 3.63) is 53.3 Å². The van der Waals surface area contributed by atoms with Crippen molar-refractivity contribution in [3.8, 4) is 5.75 Å². The molecule has 1 aliphatic heterocycles. The minimum atomic E-state index is -0.450. The van der Waals surface area contributed by atoms with Crippen molar-refractivity contribution in [1.29, 1.82) is 0 Å². The average molecular weight is 335 g/mol. The molecule has 7 heteroatoms. The van der Waals surface area contributed by atoms with Gasteiger partial charge in [0.25, 0.3) is 0 Å². The van der Waals surface area contributed by atoms with Crippen LogP contribution in [-0.2, 0) is 9.59 Å². The number of carbonyl (C=O) groups excluding carboxylic acids is 2. The number of nitrogens with zero attached hydrogens (tertiary/aromatic N) is 1. The number of hydrogen-bond donors (Lipinski definition) is 1. The fraction of sp³-hybridized carbons (Fsp3) is 0.125. The van der Waals surface area contributed by atoms with Gasteiger partial charge in [-0.1, -0.05) is 11.6 Å². The summed E-state index contributed by atoms with van der Waals surface area (Å²) in [6.07, 6.45) is 0. The number of rotatable bonds is 3. The molecule has 1 heterocycles. The van der Waals surface area contributed by atoms with E-state index in [1.165, 1.54) is 24.3 Å². The molecular formula is C16H12ClFN2O3. The summed E-state index contributed by atoms with van der Waals surface area (Å²) in [5.74, 6) is -0.808. The van der Waals surface area contributed by atoms with Gasteiger partial charge in [-0.2, -0.15) is 0 Å². The average Bonchev–Trinajstić information content (AvgIpc) is 2.50. The van der Waals surface area contributed by atoms with Crippen LogP contribution in [0.1, 0.15) is 0 Å². The Hall–Kier alpha value is -2.60. The molecule has 0 bridgehead atoms. The molecule has 1 aliphatic rings. The first-order valence-corrected chi connectivity index (χ1v) is 7.19. The Morgan fingerprint density at radius 2 is 2.00 bits per heavy atom. The van der Waals surface area contributed by atoms with E-state index in [1.54, 1.807) is 23.1 Å². The molecule has 5 nitrogen and oxygen atoms in total. The number of fused-ring (bicyclic) bond motifs is 1. The number of esters is 1. The van der Waals surface area contributed by atoms with Gasteiger partial charge in [-0.15, -0.1) is 0 Å². The Morgan fingerprint density at radius 1 is 1.26 bits per heavy atom. The molecule has 0 fully saturated rings. The van der Waals surface area contributed by atoms with Gasteiger partial charge in [-0.3, -0.25) is 4.79 Å². The van der Waals surface area contributed by atoms with Crippen LogP contribution in [-0.4, -0.2) is 25.0 Å². The molecule has 0 spiro atoms. The van der Waals surface area contributed by atoms with Gasteiger partial charge in [-0.25, -0.2) is 9.18 Å². The van der Waals surface area contributed by atoms with Crippen LogP contribution in [0.15, 0.2) is 42.5 Å². The van der Waals surface area contributed by atoms with E-state index in [-0.39, 0.29) is 24.8 Å². The number of hydrogen-bond acceptors (Lipinski definition) is 4. The van der Waals surface area contributed by atoms with Crippen LogP contribution in [0.3, 0.4) is 0 Å². The van der Waals surface area contributed by atoms with Gasteiger partial charge in [0.1, 0.15) is 12.4 Å². The number of benzene rings is 2. The highest BCUT2D eigenvalue weighted by Gasteiger charge is 2.25. The van der Waals surface area contributed by atoms with Crippen LogP contribution >= 0.6 is 11.6 Å². The maximum absolute atomic E-state index is 12.9. The van der Waals surface area contributed by atoms with E-state index in [9.17, 15) is 14.0 Å². The molecule has 0 radical (unpaired) electrons. The van der Waals surface area contributed by atoms with Gasteiger partial charge < -0.3 is 15.0 Å². The predicted octanol–water partition coefficient (Wildman–Crippen LogP) is 2.84. The lowest BCUT2D eigenvalue weighted by molar-refractivity contribution is -0.133. The Labute approximate surface area is 136 Å². The highest BCUT2D eigenvalue weighted by molar-refractivity contribution is 6.31. The van der Waals surface area contributed by atoms with Crippen molar-refractivity contribution in [1.82, 2.24) is 0 Å². The molecule has 0 saturated carbocycles. The molecule has 23 heavy (non-hydrogen) atoms. The third-order valence-electron chi connectivity index (χ3n) is 3.27. The van der Waals surface area contributed by atoms with E-state index >= 15 is 0 Å². The van der Waals surface area contributed by atoms with Crippen LogP contribution in [0.4, 0.5) is 15.8 Å². The first-order chi connectivity index (χ1) is 11.0. The lowest BCUT2D eigenvalue weighted by atomic mass is 10.2. The minimum absolute atomic E-state index is 0.0514.